The van der Waals surface area contributed by atoms with E-state index in [2.05, 4.69) is 23.9 Å². The lowest BCUT2D eigenvalue weighted by Gasteiger charge is -2.15. The Balaban J connectivity index is 2.55. The van der Waals surface area contributed by atoms with E-state index in [1.54, 1.807) is 12.1 Å². The number of hydrogen-bond donors (Lipinski definition) is 1. The lowest BCUT2D eigenvalue weighted by Crippen LogP contribution is -2.26. The Hall–Kier alpha value is -1.01. The predicted octanol–water partition coefficient (Wildman–Crippen LogP) is 3.92. The molecule has 1 atom stereocenters. The molecule has 1 N–H and O–H groups in total. The van der Waals surface area contributed by atoms with Crippen LogP contribution >= 0.6 is 11.8 Å². The van der Waals surface area contributed by atoms with Gasteiger partial charge in [-0.1, -0.05) is 13.0 Å². The first-order valence-corrected chi connectivity index (χ1v) is 8.15. The molecule has 0 fully saturated rings. The summed E-state index contributed by atoms with van der Waals surface area (Å²) in [5.41, 5.74) is 0.890. The topological polar surface area (TPSA) is 30.5 Å². The van der Waals surface area contributed by atoms with Crippen molar-refractivity contribution in [3.8, 4) is 11.5 Å². The molecule has 0 aliphatic rings. The molecule has 0 aliphatic heterocycles. The summed E-state index contributed by atoms with van der Waals surface area (Å²) in [6, 6.07) is 5.46. The molecule has 0 heterocycles. The molecule has 120 valence electrons. The number of thioether (sulfide) groups is 1. The molecule has 0 saturated heterocycles. The second-order valence-electron chi connectivity index (χ2n) is 4.63. The Morgan fingerprint density at radius 2 is 2.05 bits per heavy atom. The fourth-order valence-corrected chi connectivity index (χ4v) is 2.63. The summed E-state index contributed by atoms with van der Waals surface area (Å²) in [6.45, 7) is 2.02. The number of rotatable bonds is 10. The van der Waals surface area contributed by atoms with E-state index >= 15 is 0 Å². The first kappa shape index (κ1) is 18.0. The van der Waals surface area contributed by atoms with Crippen LogP contribution in [0.15, 0.2) is 18.2 Å². The molecule has 1 unspecified atom stereocenters. The van der Waals surface area contributed by atoms with Crippen molar-refractivity contribution >= 4 is 11.8 Å². The first-order valence-electron chi connectivity index (χ1n) is 6.99. The molecule has 0 bridgehead atoms. The molecule has 6 heteroatoms. The molecule has 3 nitrogen and oxygen atoms in total. The van der Waals surface area contributed by atoms with Gasteiger partial charge in [0, 0.05) is 12.6 Å². The largest absolute Gasteiger partial charge is 0.493 e. The lowest BCUT2D eigenvalue weighted by atomic mass is 10.1. The third-order valence-electron chi connectivity index (χ3n) is 3.00. The fraction of sp³-hybridized carbons (Fsp3) is 0.600. The van der Waals surface area contributed by atoms with Crippen LogP contribution in [0.4, 0.5) is 8.78 Å². The average Bonchev–Trinajstić information content (AvgIpc) is 2.45. The fourth-order valence-electron chi connectivity index (χ4n) is 1.82. The van der Waals surface area contributed by atoms with E-state index < -0.39 is 6.61 Å². The molecular formula is C15H23F2NO2S. The summed E-state index contributed by atoms with van der Waals surface area (Å²) in [4.78, 5) is 0. The van der Waals surface area contributed by atoms with Crippen LogP contribution in [-0.2, 0) is 6.54 Å². The summed E-state index contributed by atoms with van der Waals surface area (Å²) in [7, 11) is 1.43. The number of benzene rings is 1. The Labute approximate surface area is 129 Å². The minimum absolute atomic E-state index is 0.0704. The van der Waals surface area contributed by atoms with Crippen LogP contribution in [0.3, 0.4) is 0 Å². The molecule has 0 saturated carbocycles. The zero-order valence-electron chi connectivity index (χ0n) is 12.7. The van der Waals surface area contributed by atoms with E-state index in [1.807, 2.05) is 17.8 Å². The van der Waals surface area contributed by atoms with Crippen LogP contribution in [-0.4, -0.2) is 31.3 Å². The molecule has 0 amide bonds. The van der Waals surface area contributed by atoms with E-state index in [9.17, 15) is 8.78 Å². The predicted molar refractivity (Wildman–Crippen MR) is 83.5 cm³/mol. The summed E-state index contributed by atoms with van der Waals surface area (Å²) < 4.78 is 34.2. The minimum atomic E-state index is -2.85. The second-order valence-corrected chi connectivity index (χ2v) is 6.03. The Morgan fingerprint density at radius 1 is 1.29 bits per heavy atom. The van der Waals surface area contributed by atoms with Crippen molar-refractivity contribution in [1.29, 1.82) is 0 Å². The summed E-state index contributed by atoms with van der Waals surface area (Å²) in [6.07, 6.45) is 1.08. The normalized spacial score (nSPS) is 12.5. The van der Waals surface area contributed by atoms with Gasteiger partial charge in [0.05, 0.1) is 7.11 Å². The SMILES string of the molecule is CCSCCC(C)NCc1ccc(OC)c(OC(F)F)c1. The zero-order chi connectivity index (χ0) is 15.7. The standard InChI is InChI=1S/C15H23F2NO2S/c1-4-21-8-7-11(2)18-10-12-5-6-13(19-3)14(9-12)20-15(16)17/h5-6,9,11,15,18H,4,7-8,10H2,1-3H3. The molecule has 21 heavy (non-hydrogen) atoms. The molecule has 1 aromatic rings. The van der Waals surface area contributed by atoms with Crippen molar-refractivity contribution in [2.24, 2.45) is 0 Å². The third kappa shape index (κ3) is 7.00. The van der Waals surface area contributed by atoms with Crippen LogP contribution in [0.2, 0.25) is 0 Å². The maximum Gasteiger partial charge on any atom is 0.387 e. The van der Waals surface area contributed by atoms with Crippen LogP contribution in [0, 0.1) is 0 Å². The van der Waals surface area contributed by atoms with Crippen molar-refractivity contribution in [2.45, 2.75) is 39.5 Å². The summed E-state index contributed by atoms with van der Waals surface area (Å²) in [5, 5.41) is 3.38. The van der Waals surface area contributed by atoms with Gasteiger partial charge in [-0.15, -0.1) is 0 Å². The van der Waals surface area contributed by atoms with E-state index in [-0.39, 0.29) is 5.75 Å². The van der Waals surface area contributed by atoms with Gasteiger partial charge in [0.25, 0.3) is 0 Å². The van der Waals surface area contributed by atoms with Crippen LogP contribution in [0.1, 0.15) is 25.8 Å². The number of nitrogens with one attached hydrogen (secondary N) is 1. The number of ether oxygens (including phenoxy) is 2. The van der Waals surface area contributed by atoms with Crippen molar-refractivity contribution in [1.82, 2.24) is 5.32 Å². The van der Waals surface area contributed by atoms with Crippen LogP contribution < -0.4 is 14.8 Å². The summed E-state index contributed by atoms with van der Waals surface area (Å²) >= 11 is 1.91. The van der Waals surface area contributed by atoms with Crippen molar-refractivity contribution < 1.29 is 18.3 Å². The van der Waals surface area contributed by atoms with Gasteiger partial charge in [-0.05, 0) is 42.5 Å². The van der Waals surface area contributed by atoms with E-state index in [0.717, 1.165) is 23.5 Å². The highest BCUT2D eigenvalue weighted by atomic mass is 32.2. The number of halogens is 2. The van der Waals surface area contributed by atoms with E-state index in [4.69, 9.17) is 4.74 Å². The third-order valence-corrected chi connectivity index (χ3v) is 3.93. The average molecular weight is 319 g/mol. The highest BCUT2D eigenvalue weighted by Gasteiger charge is 2.11. The van der Waals surface area contributed by atoms with Gasteiger partial charge in [-0.25, -0.2) is 0 Å². The number of alkyl halides is 2. The van der Waals surface area contributed by atoms with Gasteiger partial charge in [-0.2, -0.15) is 20.5 Å². The van der Waals surface area contributed by atoms with Gasteiger partial charge in [0.2, 0.25) is 0 Å². The smallest absolute Gasteiger partial charge is 0.387 e. The highest BCUT2D eigenvalue weighted by molar-refractivity contribution is 7.99. The Bertz CT molecular complexity index is 419. The van der Waals surface area contributed by atoms with E-state index in [1.165, 1.54) is 7.11 Å². The van der Waals surface area contributed by atoms with Crippen molar-refractivity contribution in [2.75, 3.05) is 18.6 Å². The summed E-state index contributed by atoms with van der Waals surface area (Å²) in [5.74, 6) is 2.62. The van der Waals surface area contributed by atoms with Crippen LogP contribution in [0.25, 0.3) is 0 Å². The first-order chi connectivity index (χ1) is 10.1. The van der Waals surface area contributed by atoms with Gasteiger partial charge in [0.15, 0.2) is 11.5 Å². The van der Waals surface area contributed by atoms with Gasteiger partial charge >= 0.3 is 6.61 Å². The molecule has 0 radical (unpaired) electrons. The maximum atomic E-state index is 12.4. The Kier molecular flexibility index (Phi) is 8.45. The molecule has 1 rings (SSSR count). The van der Waals surface area contributed by atoms with Gasteiger partial charge in [-0.3, -0.25) is 0 Å². The maximum absolute atomic E-state index is 12.4. The highest BCUT2D eigenvalue weighted by Crippen LogP contribution is 2.29. The van der Waals surface area contributed by atoms with Crippen LogP contribution in [0.5, 0.6) is 11.5 Å². The molecule has 0 spiro atoms. The number of methoxy groups -OCH3 is 1. The monoisotopic (exact) mass is 319 g/mol. The second kappa shape index (κ2) is 9.84. The molecule has 1 aromatic carbocycles. The quantitative estimate of drug-likeness (QED) is 0.662. The molecule has 0 aliphatic carbocycles. The lowest BCUT2D eigenvalue weighted by molar-refractivity contribution is -0.0512. The van der Waals surface area contributed by atoms with Gasteiger partial charge < -0.3 is 14.8 Å². The zero-order valence-corrected chi connectivity index (χ0v) is 13.5. The number of hydrogen-bond acceptors (Lipinski definition) is 4. The molecular weight excluding hydrogens is 296 g/mol. The Morgan fingerprint density at radius 3 is 2.67 bits per heavy atom. The van der Waals surface area contributed by atoms with Crippen molar-refractivity contribution in [3.63, 3.8) is 0 Å². The van der Waals surface area contributed by atoms with Gasteiger partial charge in [0.1, 0.15) is 0 Å². The van der Waals surface area contributed by atoms with Crippen molar-refractivity contribution in [3.05, 3.63) is 23.8 Å². The minimum Gasteiger partial charge on any atom is -0.493 e. The molecule has 0 aromatic heterocycles. The van der Waals surface area contributed by atoms with E-state index in [0.29, 0.717) is 18.3 Å².